The molecule has 6 heteroatoms. The van der Waals surface area contributed by atoms with E-state index in [9.17, 15) is 10.2 Å². The third-order valence-corrected chi connectivity index (χ3v) is 15.4. The Bertz CT molecular complexity index is 960. The van der Waals surface area contributed by atoms with Gasteiger partial charge in [-0.1, -0.05) is 59.8 Å². The molecule has 0 aliphatic heterocycles. The maximum absolute atomic E-state index is 9.73. The summed E-state index contributed by atoms with van der Waals surface area (Å²) >= 11 is 0. The molecule has 0 heterocycles. The van der Waals surface area contributed by atoms with Crippen molar-refractivity contribution in [2.24, 2.45) is 0 Å². The summed E-state index contributed by atoms with van der Waals surface area (Å²) in [6, 6.07) is 10.6. The fourth-order valence-corrected chi connectivity index (χ4v) is 4.60. The van der Waals surface area contributed by atoms with Gasteiger partial charge in [0.05, 0.1) is 0 Å². The van der Waals surface area contributed by atoms with E-state index in [1.54, 1.807) is 12.1 Å². The molecular weight excluding hydrogens is 432 g/mol. The standard InChI is InChI=1S/C26H40O4Si2/c1-25(2,3)31(7,8)29-23-14-13-19(11-12-20-15-21(27)18-22(28)16-20)17-24(23)30-32(9,10)26(4,5)6/h11-18,27-28H,1-10H3/b12-11+. The zero-order chi connectivity index (χ0) is 24.5. The molecule has 0 aliphatic rings. The van der Waals surface area contributed by atoms with Gasteiger partial charge in [-0.05, 0) is 71.7 Å². The Morgan fingerprint density at radius 3 is 1.53 bits per heavy atom. The number of benzene rings is 2. The van der Waals surface area contributed by atoms with Gasteiger partial charge >= 0.3 is 0 Å². The smallest absolute Gasteiger partial charge is 0.250 e. The highest BCUT2D eigenvalue weighted by Crippen LogP contribution is 2.43. The SMILES string of the molecule is CC(C)(C)[Si](C)(C)Oc1ccc(/C=C/c2cc(O)cc(O)c2)cc1O[Si](C)(C)C(C)(C)C. The van der Waals surface area contributed by atoms with Crippen LogP contribution < -0.4 is 8.85 Å². The van der Waals surface area contributed by atoms with E-state index in [0.29, 0.717) is 0 Å². The molecule has 32 heavy (non-hydrogen) atoms. The van der Waals surface area contributed by atoms with E-state index in [1.165, 1.54) is 6.07 Å². The minimum atomic E-state index is -2.08. The van der Waals surface area contributed by atoms with Crippen LogP contribution in [0.2, 0.25) is 36.3 Å². The lowest BCUT2D eigenvalue weighted by Crippen LogP contribution is -2.45. The minimum Gasteiger partial charge on any atom is -0.541 e. The first-order valence-corrected chi connectivity index (χ1v) is 17.0. The number of hydrogen-bond acceptors (Lipinski definition) is 4. The molecule has 2 rings (SSSR count). The number of phenolic OH excluding ortho intramolecular Hbond substituents is 2. The summed E-state index contributed by atoms with van der Waals surface area (Å²) in [5.41, 5.74) is 1.68. The highest BCUT2D eigenvalue weighted by atomic mass is 28.4. The van der Waals surface area contributed by atoms with Gasteiger partial charge in [0.15, 0.2) is 0 Å². The third-order valence-electron chi connectivity index (χ3n) is 6.70. The average molecular weight is 473 g/mol. The predicted molar refractivity (Wildman–Crippen MR) is 141 cm³/mol. The van der Waals surface area contributed by atoms with E-state index in [1.807, 2.05) is 30.4 Å². The fraction of sp³-hybridized carbons (Fsp3) is 0.462. The summed E-state index contributed by atoms with van der Waals surface area (Å²) < 4.78 is 13.4. The van der Waals surface area contributed by atoms with Gasteiger partial charge in [-0.2, -0.15) is 0 Å². The second-order valence-corrected chi connectivity index (χ2v) is 21.0. The second-order valence-electron chi connectivity index (χ2n) is 11.5. The van der Waals surface area contributed by atoms with E-state index < -0.39 is 16.6 Å². The van der Waals surface area contributed by atoms with Gasteiger partial charge in [0.1, 0.15) is 23.0 Å². The fourth-order valence-electron chi connectivity index (χ4n) is 2.56. The molecule has 0 spiro atoms. The maximum Gasteiger partial charge on any atom is 0.250 e. The molecule has 0 aromatic heterocycles. The van der Waals surface area contributed by atoms with Crippen molar-refractivity contribution in [1.82, 2.24) is 0 Å². The van der Waals surface area contributed by atoms with Crippen molar-refractivity contribution in [1.29, 1.82) is 0 Å². The minimum absolute atomic E-state index is 0.0321. The van der Waals surface area contributed by atoms with Crippen LogP contribution in [0.5, 0.6) is 23.0 Å². The summed E-state index contributed by atoms with van der Waals surface area (Å²) in [6.07, 6.45) is 3.81. The van der Waals surface area contributed by atoms with E-state index >= 15 is 0 Å². The van der Waals surface area contributed by atoms with Crippen molar-refractivity contribution in [3.8, 4) is 23.0 Å². The Hall–Kier alpha value is -2.19. The number of hydrogen-bond donors (Lipinski definition) is 2. The molecule has 0 radical (unpaired) electrons. The monoisotopic (exact) mass is 472 g/mol. The topological polar surface area (TPSA) is 58.9 Å². The lowest BCUT2D eigenvalue weighted by Gasteiger charge is -2.39. The van der Waals surface area contributed by atoms with Crippen molar-refractivity contribution in [2.45, 2.75) is 77.8 Å². The normalized spacial score (nSPS) is 13.4. The summed E-state index contributed by atoms with van der Waals surface area (Å²) in [6.45, 7) is 22.3. The molecular formula is C26H40O4Si2. The predicted octanol–water partition coefficient (Wildman–Crippen LogP) is 8.04. The van der Waals surface area contributed by atoms with Crippen LogP contribution in [-0.4, -0.2) is 26.8 Å². The van der Waals surface area contributed by atoms with Crippen LogP contribution in [0, 0.1) is 0 Å². The van der Waals surface area contributed by atoms with Gasteiger partial charge in [0, 0.05) is 6.07 Å². The average Bonchev–Trinajstić information content (AvgIpc) is 2.58. The largest absolute Gasteiger partial charge is 0.541 e. The Morgan fingerprint density at radius 2 is 1.06 bits per heavy atom. The lowest BCUT2D eigenvalue weighted by molar-refractivity contribution is 0.440. The summed E-state index contributed by atoms with van der Waals surface area (Å²) in [5, 5.41) is 19.6. The molecule has 0 aliphatic carbocycles. The zero-order valence-electron chi connectivity index (χ0n) is 21.3. The van der Waals surface area contributed by atoms with Gasteiger partial charge in [0.25, 0.3) is 16.6 Å². The zero-order valence-corrected chi connectivity index (χ0v) is 23.3. The van der Waals surface area contributed by atoms with Crippen LogP contribution in [0.4, 0.5) is 0 Å². The second kappa shape index (κ2) is 8.98. The van der Waals surface area contributed by atoms with Crippen LogP contribution in [0.1, 0.15) is 52.7 Å². The maximum atomic E-state index is 9.73. The van der Waals surface area contributed by atoms with E-state index in [0.717, 1.165) is 22.6 Å². The van der Waals surface area contributed by atoms with E-state index in [-0.39, 0.29) is 21.6 Å². The van der Waals surface area contributed by atoms with Crippen LogP contribution in [0.25, 0.3) is 12.2 Å². The highest BCUT2D eigenvalue weighted by molar-refractivity contribution is 6.75. The van der Waals surface area contributed by atoms with Gasteiger partial charge < -0.3 is 19.1 Å². The third kappa shape index (κ3) is 6.42. The summed E-state index contributed by atoms with van der Waals surface area (Å²) in [4.78, 5) is 0. The first-order chi connectivity index (χ1) is 14.4. The molecule has 0 saturated carbocycles. The molecule has 0 saturated heterocycles. The van der Waals surface area contributed by atoms with Gasteiger partial charge in [-0.25, -0.2) is 0 Å². The molecule has 2 N–H and O–H groups in total. The van der Waals surface area contributed by atoms with Gasteiger partial charge in [-0.3, -0.25) is 0 Å². The molecule has 4 nitrogen and oxygen atoms in total. The molecule has 0 atom stereocenters. The quantitative estimate of drug-likeness (QED) is 0.330. The molecule has 0 unspecified atom stereocenters. The number of aromatic hydroxyl groups is 2. The van der Waals surface area contributed by atoms with Crippen molar-refractivity contribution < 1.29 is 19.1 Å². The van der Waals surface area contributed by atoms with Crippen LogP contribution in [-0.2, 0) is 0 Å². The summed E-state index contributed by atoms with van der Waals surface area (Å²) in [5.74, 6) is 1.64. The van der Waals surface area contributed by atoms with Crippen LogP contribution in [0.3, 0.4) is 0 Å². The summed E-state index contributed by atoms with van der Waals surface area (Å²) in [7, 11) is -4.12. The molecule has 0 amide bonds. The Morgan fingerprint density at radius 1 is 0.625 bits per heavy atom. The molecule has 0 bridgehead atoms. The molecule has 2 aromatic carbocycles. The number of rotatable bonds is 6. The Balaban J connectivity index is 2.48. The number of phenols is 2. The Kier molecular flexibility index (Phi) is 7.32. The van der Waals surface area contributed by atoms with E-state index in [2.05, 4.69) is 67.7 Å². The highest BCUT2D eigenvalue weighted by Gasteiger charge is 2.42. The molecule has 176 valence electrons. The van der Waals surface area contributed by atoms with Gasteiger partial charge in [0.2, 0.25) is 0 Å². The first kappa shape index (κ1) is 26.1. The van der Waals surface area contributed by atoms with E-state index in [4.69, 9.17) is 8.85 Å². The van der Waals surface area contributed by atoms with Crippen LogP contribution >= 0.6 is 0 Å². The Labute approximate surface area is 196 Å². The van der Waals surface area contributed by atoms with Crippen molar-refractivity contribution in [3.63, 3.8) is 0 Å². The van der Waals surface area contributed by atoms with Crippen molar-refractivity contribution in [3.05, 3.63) is 47.5 Å². The first-order valence-electron chi connectivity index (χ1n) is 11.1. The lowest BCUT2D eigenvalue weighted by atomic mass is 10.1. The molecule has 0 fully saturated rings. The van der Waals surface area contributed by atoms with Crippen molar-refractivity contribution >= 4 is 28.8 Å². The molecule has 2 aromatic rings. The van der Waals surface area contributed by atoms with Crippen molar-refractivity contribution in [2.75, 3.05) is 0 Å². The van der Waals surface area contributed by atoms with Gasteiger partial charge in [-0.15, -0.1) is 0 Å². The van der Waals surface area contributed by atoms with Crippen LogP contribution in [0.15, 0.2) is 36.4 Å².